The summed E-state index contributed by atoms with van der Waals surface area (Å²) < 4.78 is 0. The minimum absolute atomic E-state index is 0.253. The second kappa shape index (κ2) is 3.96. The SMILES string of the molecule is N#Cc1ncccc1NC12CC3CC(CC(C3)C1)C2. The first kappa shape index (κ1) is 11.3. The molecule has 4 saturated carbocycles. The highest BCUT2D eigenvalue weighted by atomic mass is 15.0. The van der Waals surface area contributed by atoms with Gasteiger partial charge in [-0.3, -0.25) is 0 Å². The number of aromatic nitrogens is 1. The molecule has 4 aliphatic rings. The molecule has 0 spiro atoms. The number of hydrogen-bond donors (Lipinski definition) is 1. The van der Waals surface area contributed by atoms with Crippen LogP contribution in [0, 0.1) is 29.1 Å². The summed E-state index contributed by atoms with van der Waals surface area (Å²) >= 11 is 0. The van der Waals surface area contributed by atoms with Crippen molar-refractivity contribution in [3.63, 3.8) is 0 Å². The Kier molecular flexibility index (Phi) is 2.35. The lowest BCUT2D eigenvalue weighted by Gasteiger charge is -2.57. The summed E-state index contributed by atoms with van der Waals surface area (Å²) in [7, 11) is 0. The highest BCUT2D eigenvalue weighted by molar-refractivity contribution is 5.55. The fraction of sp³-hybridized carbons (Fsp3) is 0.625. The van der Waals surface area contributed by atoms with E-state index in [1.807, 2.05) is 12.1 Å². The first-order valence-electron chi connectivity index (χ1n) is 7.40. The predicted molar refractivity (Wildman–Crippen MR) is 73.5 cm³/mol. The minimum atomic E-state index is 0.253. The number of pyridine rings is 1. The van der Waals surface area contributed by atoms with Gasteiger partial charge in [0.15, 0.2) is 5.69 Å². The van der Waals surface area contributed by atoms with E-state index in [0.29, 0.717) is 5.69 Å². The Balaban J connectivity index is 1.64. The van der Waals surface area contributed by atoms with Gasteiger partial charge in [-0.2, -0.15) is 5.26 Å². The summed E-state index contributed by atoms with van der Waals surface area (Å²) in [6.07, 6.45) is 9.90. The zero-order valence-corrected chi connectivity index (χ0v) is 11.1. The van der Waals surface area contributed by atoms with Gasteiger partial charge < -0.3 is 5.32 Å². The summed E-state index contributed by atoms with van der Waals surface area (Å²) in [6, 6.07) is 6.13. The molecule has 0 atom stereocenters. The molecule has 0 aliphatic heterocycles. The molecule has 0 saturated heterocycles. The molecule has 3 nitrogen and oxygen atoms in total. The van der Waals surface area contributed by atoms with Crippen molar-refractivity contribution in [2.75, 3.05) is 5.32 Å². The highest BCUT2D eigenvalue weighted by Crippen LogP contribution is 2.56. The molecule has 3 heteroatoms. The van der Waals surface area contributed by atoms with Crippen molar-refractivity contribution in [3.05, 3.63) is 24.0 Å². The van der Waals surface area contributed by atoms with Crippen LogP contribution in [-0.2, 0) is 0 Å². The monoisotopic (exact) mass is 253 g/mol. The van der Waals surface area contributed by atoms with Gasteiger partial charge >= 0.3 is 0 Å². The lowest BCUT2D eigenvalue weighted by atomic mass is 9.53. The third-order valence-electron chi connectivity index (χ3n) is 5.35. The first-order valence-corrected chi connectivity index (χ1v) is 7.40. The van der Waals surface area contributed by atoms with Crippen LogP contribution in [0.25, 0.3) is 0 Å². The van der Waals surface area contributed by atoms with Crippen LogP contribution >= 0.6 is 0 Å². The maximum Gasteiger partial charge on any atom is 0.163 e. The van der Waals surface area contributed by atoms with Gasteiger partial charge in [-0.25, -0.2) is 4.98 Å². The third-order valence-corrected chi connectivity index (χ3v) is 5.35. The Morgan fingerprint density at radius 2 is 1.79 bits per heavy atom. The molecule has 4 aliphatic carbocycles. The molecule has 0 radical (unpaired) electrons. The van der Waals surface area contributed by atoms with Gasteiger partial charge in [0, 0.05) is 11.7 Å². The molecule has 4 bridgehead atoms. The lowest BCUT2D eigenvalue weighted by molar-refractivity contribution is 0.0107. The number of hydrogen-bond acceptors (Lipinski definition) is 3. The molecule has 1 N–H and O–H groups in total. The molecule has 19 heavy (non-hydrogen) atoms. The van der Waals surface area contributed by atoms with E-state index in [9.17, 15) is 5.26 Å². The molecule has 1 aromatic rings. The summed E-state index contributed by atoms with van der Waals surface area (Å²) in [4.78, 5) is 4.17. The maximum atomic E-state index is 9.18. The van der Waals surface area contributed by atoms with Crippen molar-refractivity contribution in [2.45, 2.75) is 44.1 Å². The van der Waals surface area contributed by atoms with Gasteiger partial charge in [0.05, 0.1) is 5.69 Å². The fourth-order valence-electron chi connectivity index (χ4n) is 5.14. The minimum Gasteiger partial charge on any atom is -0.377 e. The molecular weight excluding hydrogens is 234 g/mol. The van der Waals surface area contributed by atoms with Crippen LogP contribution in [0.15, 0.2) is 18.3 Å². The smallest absolute Gasteiger partial charge is 0.163 e. The molecule has 0 aromatic carbocycles. The van der Waals surface area contributed by atoms with Crippen molar-refractivity contribution >= 4 is 5.69 Å². The molecule has 0 unspecified atom stereocenters. The van der Waals surface area contributed by atoms with Crippen molar-refractivity contribution in [1.82, 2.24) is 4.98 Å². The lowest BCUT2D eigenvalue weighted by Crippen LogP contribution is -2.54. The highest BCUT2D eigenvalue weighted by Gasteiger charge is 2.51. The van der Waals surface area contributed by atoms with Crippen molar-refractivity contribution < 1.29 is 0 Å². The predicted octanol–water partition coefficient (Wildman–Crippen LogP) is 3.33. The zero-order chi connectivity index (χ0) is 12.9. The van der Waals surface area contributed by atoms with Crippen LogP contribution in [0.3, 0.4) is 0 Å². The number of anilines is 1. The fourth-order valence-corrected chi connectivity index (χ4v) is 5.14. The number of nitriles is 1. The van der Waals surface area contributed by atoms with Gasteiger partial charge in [-0.15, -0.1) is 0 Å². The van der Waals surface area contributed by atoms with E-state index >= 15 is 0 Å². The van der Waals surface area contributed by atoms with Crippen molar-refractivity contribution in [1.29, 1.82) is 5.26 Å². The summed E-state index contributed by atoms with van der Waals surface area (Å²) in [6.45, 7) is 0. The number of rotatable bonds is 2. The normalized spacial score (nSPS) is 39.0. The molecule has 1 aromatic heterocycles. The Bertz CT molecular complexity index is 508. The Labute approximate surface area is 114 Å². The molecule has 1 heterocycles. The molecule has 4 fully saturated rings. The van der Waals surface area contributed by atoms with Crippen LogP contribution in [0.5, 0.6) is 0 Å². The van der Waals surface area contributed by atoms with Crippen LogP contribution in [0.4, 0.5) is 5.69 Å². The van der Waals surface area contributed by atoms with E-state index < -0.39 is 0 Å². The van der Waals surface area contributed by atoms with Crippen LogP contribution < -0.4 is 5.32 Å². The Morgan fingerprint density at radius 1 is 1.16 bits per heavy atom. The van der Waals surface area contributed by atoms with E-state index in [4.69, 9.17) is 0 Å². The second-order valence-electron chi connectivity index (χ2n) is 6.83. The van der Waals surface area contributed by atoms with Crippen molar-refractivity contribution in [3.8, 4) is 6.07 Å². The van der Waals surface area contributed by atoms with E-state index in [-0.39, 0.29) is 5.54 Å². The maximum absolute atomic E-state index is 9.18. The Hall–Kier alpha value is -1.56. The standard InChI is InChI=1S/C16H19N3/c17-10-15-14(2-1-3-18-15)19-16-7-11-4-12(8-16)6-13(5-11)9-16/h1-3,11-13,19H,4-9H2. The van der Waals surface area contributed by atoms with Crippen LogP contribution in [0.1, 0.15) is 44.2 Å². The number of nitrogens with one attached hydrogen (secondary N) is 1. The quantitative estimate of drug-likeness (QED) is 0.879. The second-order valence-corrected chi connectivity index (χ2v) is 6.83. The number of nitrogens with zero attached hydrogens (tertiary/aromatic N) is 2. The van der Waals surface area contributed by atoms with Gasteiger partial charge in [0.1, 0.15) is 6.07 Å². The summed E-state index contributed by atoms with van der Waals surface area (Å²) in [5, 5.41) is 12.9. The van der Waals surface area contributed by atoms with Crippen molar-refractivity contribution in [2.24, 2.45) is 17.8 Å². The summed E-state index contributed by atoms with van der Waals surface area (Å²) in [5.74, 6) is 2.75. The molecule has 0 amide bonds. The largest absolute Gasteiger partial charge is 0.377 e. The van der Waals surface area contributed by atoms with Gasteiger partial charge in [-0.1, -0.05) is 0 Å². The van der Waals surface area contributed by atoms with E-state index in [2.05, 4.69) is 16.4 Å². The third kappa shape index (κ3) is 1.82. The molecule has 98 valence electrons. The Morgan fingerprint density at radius 3 is 2.37 bits per heavy atom. The first-order chi connectivity index (χ1) is 9.26. The van der Waals surface area contributed by atoms with Gasteiger partial charge in [0.25, 0.3) is 0 Å². The van der Waals surface area contributed by atoms with E-state index in [1.165, 1.54) is 38.5 Å². The van der Waals surface area contributed by atoms with E-state index in [0.717, 1.165) is 23.4 Å². The van der Waals surface area contributed by atoms with E-state index in [1.54, 1.807) is 6.20 Å². The zero-order valence-electron chi connectivity index (χ0n) is 11.1. The summed E-state index contributed by atoms with van der Waals surface area (Å²) in [5.41, 5.74) is 1.73. The average Bonchev–Trinajstić information content (AvgIpc) is 2.37. The molecular formula is C16H19N3. The van der Waals surface area contributed by atoms with Gasteiger partial charge in [-0.05, 0) is 68.4 Å². The van der Waals surface area contributed by atoms with Crippen LogP contribution in [-0.4, -0.2) is 10.5 Å². The molecule has 5 rings (SSSR count). The van der Waals surface area contributed by atoms with Crippen LogP contribution in [0.2, 0.25) is 0 Å². The topological polar surface area (TPSA) is 48.7 Å². The van der Waals surface area contributed by atoms with Gasteiger partial charge in [0.2, 0.25) is 0 Å². The average molecular weight is 253 g/mol.